The molecule has 0 spiro atoms. The highest BCUT2D eigenvalue weighted by Gasteiger charge is 2.16. The van der Waals surface area contributed by atoms with E-state index in [2.05, 4.69) is 4.90 Å². The molecule has 2 aromatic carbocycles. The largest absolute Gasteiger partial charge is 0.441 e. The van der Waals surface area contributed by atoms with Crippen LogP contribution in [-0.4, -0.2) is 44.2 Å². The molecule has 1 aromatic heterocycles. The Kier molecular flexibility index (Phi) is 6.46. The average Bonchev–Trinajstić information content (AvgIpc) is 3.01. The number of rotatable bonds is 6. The molecule has 2 heterocycles. The first kappa shape index (κ1) is 21.6. The number of nitrogens with zero attached hydrogens (tertiary/aromatic N) is 2. The van der Waals surface area contributed by atoms with Crippen LogP contribution in [0.2, 0.25) is 0 Å². The summed E-state index contributed by atoms with van der Waals surface area (Å²) in [5.41, 5.74) is 3.96. The highest BCUT2D eigenvalue weighted by atomic mass is 35.5. The number of likely N-dealkylation sites (tertiary alicyclic amines) is 1. The first-order chi connectivity index (χ1) is 13.4. The van der Waals surface area contributed by atoms with Crippen LogP contribution in [0.5, 0.6) is 0 Å². The zero-order valence-corrected chi connectivity index (χ0v) is 18.2. The molecule has 1 aliphatic heterocycles. The number of hydrogen-bond acceptors (Lipinski definition) is 5. The predicted octanol–water partition coefficient (Wildman–Crippen LogP) is 4.39. The van der Waals surface area contributed by atoms with Crippen LogP contribution in [-0.2, 0) is 16.3 Å². The molecule has 0 radical (unpaired) electrons. The van der Waals surface area contributed by atoms with Gasteiger partial charge in [-0.15, -0.1) is 12.4 Å². The number of sulfone groups is 1. The van der Waals surface area contributed by atoms with Crippen molar-refractivity contribution in [1.82, 2.24) is 9.88 Å². The van der Waals surface area contributed by atoms with Crippen molar-refractivity contribution in [2.45, 2.75) is 24.7 Å². The second-order valence-corrected chi connectivity index (χ2v) is 9.36. The van der Waals surface area contributed by atoms with Crippen LogP contribution < -0.4 is 0 Å². The number of benzene rings is 2. The highest BCUT2D eigenvalue weighted by Crippen LogP contribution is 2.27. The molecule has 29 heavy (non-hydrogen) atoms. The van der Waals surface area contributed by atoms with Crippen LogP contribution in [0.1, 0.15) is 17.9 Å². The summed E-state index contributed by atoms with van der Waals surface area (Å²) in [6.45, 7) is 5.39. The average molecular weight is 433 g/mol. The topological polar surface area (TPSA) is 63.4 Å². The van der Waals surface area contributed by atoms with E-state index in [9.17, 15) is 8.42 Å². The van der Waals surface area contributed by atoms with Gasteiger partial charge in [-0.3, -0.25) is 0 Å². The Morgan fingerprint density at radius 2 is 1.52 bits per heavy atom. The molecule has 1 fully saturated rings. The first-order valence-corrected chi connectivity index (χ1v) is 11.4. The fraction of sp³-hybridized carbons (Fsp3) is 0.318. The minimum atomic E-state index is -3.18. The molecule has 1 saturated heterocycles. The first-order valence-electron chi connectivity index (χ1n) is 9.50. The Labute approximate surface area is 178 Å². The molecule has 3 aromatic rings. The quantitative estimate of drug-likeness (QED) is 0.578. The molecule has 4 rings (SSSR count). The lowest BCUT2D eigenvalue weighted by atomic mass is 10.0. The Hall–Kier alpha value is -2.15. The van der Waals surface area contributed by atoms with Crippen molar-refractivity contribution in [3.8, 4) is 22.6 Å². The van der Waals surface area contributed by atoms with Gasteiger partial charge in [0.2, 0.25) is 5.89 Å². The van der Waals surface area contributed by atoms with Gasteiger partial charge in [-0.2, -0.15) is 0 Å². The van der Waals surface area contributed by atoms with E-state index in [4.69, 9.17) is 9.40 Å². The molecule has 0 atom stereocenters. The van der Waals surface area contributed by atoms with Crippen molar-refractivity contribution >= 4 is 22.2 Å². The van der Waals surface area contributed by atoms with Gasteiger partial charge in [-0.1, -0.05) is 24.3 Å². The standard InChI is InChI=1S/C22H24N2O3S.ClH/c1-16-21(12-15-24-13-3-14-24)23-22(27-16)19-6-4-17(5-7-19)18-8-10-20(11-9-18)28(2,25)26;/h4-11H,3,12-15H2,1-2H3;1H. The van der Waals surface area contributed by atoms with E-state index in [1.165, 1.54) is 25.8 Å². The lowest BCUT2D eigenvalue weighted by Crippen LogP contribution is -2.38. The van der Waals surface area contributed by atoms with E-state index in [1.54, 1.807) is 12.1 Å². The number of aromatic nitrogens is 1. The number of halogens is 1. The van der Waals surface area contributed by atoms with Crippen molar-refractivity contribution in [1.29, 1.82) is 0 Å². The van der Waals surface area contributed by atoms with Gasteiger partial charge in [0.1, 0.15) is 5.76 Å². The van der Waals surface area contributed by atoms with Crippen molar-refractivity contribution < 1.29 is 12.8 Å². The van der Waals surface area contributed by atoms with Gasteiger partial charge in [0, 0.05) is 24.8 Å². The summed E-state index contributed by atoms with van der Waals surface area (Å²) in [7, 11) is -3.18. The summed E-state index contributed by atoms with van der Waals surface area (Å²) in [6.07, 6.45) is 3.43. The molecular weight excluding hydrogens is 408 g/mol. The van der Waals surface area contributed by atoms with E-state index >= 15 is 0 Å². The molecule has 0 bridgehead atoms. The molecule has 0 aliphatic carbocycles. The third kappa shape index (κ3) is 4.89. The lowest BCUT2D eigenvalue weighted by Gasteiger charge is -2.30. The minimum absolute atomic E-state index is 0. The van der Waals surface area contributed by atoms with E-state index in [0.717, 1.165) is 41.1 Å². The van der Waals surface area contributed by atoms with Crippen LogP contribution in [0.15, 0.2) is 57.8 Å². The van der Waals surface area contributed by atoms with Crippen molar-refractivity contribution in [2.24, 2.45) is 0 Å². The van der Waals surface area contributed by atoms with E-state index in [1.807, 2.05) is 43.3 Å². The fourth-order valence-corrected chi connectivity index (χ4v) is 3.98. The van der Waals surface area contributed by atoms with Crippen molar-refractivity contribution in [2.75, 3.05) is 25.9 Å². The third-order valence-corrected chi connectivity index (χ3v) is 6.38. The molecule has 0 amide bonds. The molecule has 1 aliphatic rings. The predicted molar refractivity (Wildman–Crippen MR) is 117 cm³/mol. The second-order valence-electron chi connectivity index (χ2n) is 7.34. The molecule has 7 heteroatoms. The summed E-state index contributed by atoms with van der Waals surface area (Å²) in [6, 6.07) is 14.9. The summed E-state index contributed by atoms with van der Waals surface area (Å²) >= 11 is 0. The zero-order chi connectivity index (χ0) is 19.7. The monoisotopic (exact) mass is 432 g/mol. The van der Waals surface area contributed by atoms with Gasteiger partial charge in [0.05, 0.1) is 10.6 Å². The number of hydrogen-bond donors (Lipinski definition) is 0. The highest BCUT2D eigenvalue weighted by molar-refractivity contribution is 7.90. The third-order valence-electron chi connectivity index (χ3n) is 5.25. The van der Waals surface area contributed by atoms with Gasteiger partial charge in [0.15, 0.2) is 9.84 Å². The Morgan fingerprint density at radius 1 is 0.966 bits per heavy atom. The molecule has 5 nitrogen and oxygen atoms in total. The molecule has 154 valence electrons. The Morgan fingerprint density at radius 3 is 2.03 bits per heavy atom. The van der Waals surface area contributed by atoms with Crippen molar-refractivity contribution in [3.63, 3.8) is 0 Å². The molecular formula is C22H25ClN2O3S. The second kappa shape index (κ2) is 8.69. The van der Waals surface area contributed by atoms with Gasteiger partial charge in [-0.05, 0) is 61.8 Å². The summed E-state index contributed by atoms with van der Waals surface area (Å²) < 4.78 is 29.1. The van der Waals surface area contributed by atoms with Crippen molar-refractivity contribution in [3.05, 3.63) is 60.0 Å². The number of aryl methyl sites for hydroxylation is 1. The van der Waals surface area contributed by atoms with Gasteiger partial charge >= 0.3 is 0 Å². The number of oxazole rings is 1. The van der Waals surface area contributed by atoms with Crippen LogP contribution >= 0.6 is 12.4 Å². The van der Waals surface area contributed by atoms with E-state index in [-0.39, 0.29) is 12.4 Å². The maximum atomic E-state index is 11.6. The van der Waals surface area contributed by atoms with E-state index < -0.39 is 9.84 Å². The summed E-state index contributed by atoms with van der Waals surface area (Å²) in [4.78, 5) is 7.45. The van der Waals surface area contributed by atoms with Gasteiger partial charge in [-0.25, -0.2) is 13.4 Å². The zero-order valence-electron chi connectivity index (χ0n) is 16.6. The summed E-state index contributed by atoms with van der Waals surface area (Å²) in [5, 5.41) is 0. The smallest absolute Gasteiger partial charge is 0.226 e. The normalized spacial score (nSPS) is 14.3. The van der Waals surface area contributed by atoms with Crippen LogP contribution in [0.4, 0.5) is 0 Å². The van der Waals surface area contributed by atoms with Crippen LogP contribution in [0.3, 0.4) is 0 Å². The Bertz CT molecular complexity index is 1070. The molecule has 0 unspecified atom stereocenters. The fourth-order valence-electron chi connectivity index (χ4n) is 3.35. The van der Waals surface area contributed by atoms with E-state index in [0.29, 0.717) is 10.8 Å². The summed E-state index contributed by atoms with van der Waals surface area (Å²) in [5.74, 6) is 1.53. The van der Waals surface area contributed by atoms with Crippen LogP contribution in [0.25, 0.3) is 22.6 Å². The lowest BCUT2D eigenvalue weighted by molar-refractivity contribution is 0.183. The maximum Gasteiger partial charge on any atom is 0.226 e. The Balaban J connectivity index is 0.00000240. The van der Waals surface area contributed by atoms with Crippen LogP contribution in [0, 0.1) is 6.92 Å². The van der Waals surface area contributed by atoms with Gasteiger partial charge < -0.3 is 9.32 Å². The SMILES string of the molecule is Cc1oc(-c2ccc(-c3ccc(S(C)(=O)=O)cc3)cc2)nc1CCN1CCC1.Cl. The maximum absolute atomic E-state index is 11.6. The molecule has 0 saturated carbocycles. The minimum Gasteiger partial charge on any atom is -0.441 e. The molecule has 0 N–H and O–H groups in total. The van der Waals surface area contributed by atoms with Gasteiger partial charge in [0.25, 0.3) is 0 Å².